The molecule has 0 radical (unpaired) electrons. The number of aliphatic hydroxyl groups is 1. The number of aliphatic hydroxyl groups excluding tert-OH is 1. The van der Waals surface area contributed by atoms with E-state index in [2.05, 4.69) is 13.0 Å². The van der Waals surface area contributed by atoms with Crippen LogP contribution in [-0.2, 0) is 14.9 Å². The highest BCUT2D eigenvalue weighted by Gasteiger charge is 2.15. The van der Waals surface area contributed by atoms with Crippen LogP contribution in [0.2, 0.25) is 0 Å². The number of hydrogen-bond donors (Lipinski definition) is 3. The first kappa shape index (κ1) is 28.1. The Kier molecular flexibility index (Phi) is 17.3. The molecule has 0 spiro atoms. The van der Waals surface area contributed by atoms with E-state index < -0.39 is 16.1 Å². The minimum absolute atomic E-state index is 0.181. The number of carbonyl (C=O) groups is 1. The summed E-state index contributed by atoms with van der Waals surface area (Å²) in [7, 11) is -3.85. The molecule has 0 saturated carbocycles. The second kappa shape index (κ2) is 17.9. The normalized spacial score (nSPS) is 14.3. The molecule has 0 saturated heterocycles. The van der Waals surface area contributed by atoms with Crippen molar-refractivity contribution in [1.82, 2.24) is 0 Å². The molecule has 7 heteroatoms. The van der Waals surface area contributed by atoms with Gasteiger partial charge in [0, 0.05) is 0 Å². The van der Waals surface area contributed by atoms with Gasteiger partial charge in [-0.25, -0.2) is 0 Å². The Labute approximate surface area is 177 Å². The van der Waals surface area contributed by atoms with Crippen LogP contribution >= 0.6 is 0 Å². The second-order valence-electron chi connectivity index (χ2n) is 8.02. The molecule has 0 aliphatic rings. The lowest BCUT2D eigenvalue weighted by Crippen LogP contribution is -2.13. The van der Waals surface area contributed by atoms with E-state index in [4.69, 9.17) is 4.55 Å². The van der Waals surface area contributed by atoms with Crippen molar-refractivity contribution in [2.45, 2.75) is 109 Å². The molecule has 6 nitrogen and oxygen atoms in total. The lowest BCUT2D eigenvalue weighted by atomic mass is 9.95. The third-order valence-corrected chi connectivity index (χ3v) is 6.00. The van der Waals surface area contributed by atoms with Crippen molar-refractivity contribution in [1.29, 1.82) is 0 Å². The van der Waals surface area contributed by atoms with Crippen LogP contribution in [0.3, 0.4) is 0 Å². The van der Waals surface area contributed by atoms with Crippen molar-refractivity contribution in [2.24, 2.45) is 5.92 Å². The Balaban J connectivity index is 3.55. The summed E-state index contributed by atoms with van der Waals surface area (Å²) in [5, 5.41) is 19.1. The third kappa shape index (κ3) is 20.1. The topological polar surface area (TPSA) is 112 Å². The van der Waals surface area contributed by atoms with Crippen LogP contribution in [0.4, 0.5) is 0 Å². The summed E-state index contributed by atoms with van der Waals surface area (Å²) in [5.41, 5.74) is 0. The zero-order valence-corrected chi connectivity index (χ0v) is 18.9. The molecule has 0 aromatic heterocycles. The molecule has 0 aromatic rings. The van der Waals surface area contributed by atoms with Gasteiger partial charge in [0.15, 0.2) is 0 Å². The van der Waals surface area contributed by atoms with Gasteiger partial charge in [-0.15, -0.1) is 0 Å². The van der Waals surface area contributed by atoms with Gasteiger partial charge in [-0.05, 0) is 44.9 Å². The summed E-state index contributed by atoms with van der Waals surface area (Å²) >= 11 is 0. The molecule has 0 rings (SSSR count). The zero-order chi connectivity index (χ0) is 22.0. The Morgan fingerprint density at radius 1 is 0.862 bits per heavy atom. The molecule has 0 bridgehead atoms. The Morgan fingerprint density at radius 2 is 1.45 bits per heavy atom. The van der Waals surface area contributed by atoms with Crippen molar-refractivity contribution in [3.8, 4) is 0 Å². The smallest absolute Gasteiger partial charge is 0.306 e. The molecule has 0 aromatic carbocycles. The summed E-state index contributed by atoms with van der Waals surface area (Å²) in [4.78, 5) is 11.2. The minimum Gasteiger partial charge on any atom is -0.481 e. The van der Waals surface area contributed by atoms with E-state index in [0.29, 0.717) is 19.3 Å². The van der Waals surface area contributed by atoms with Crippen LogP contribution in [0.25, 0.3) is 0 Å². The fraction of sp³-hybridized carbons (Fsp3) is 0.864. The van der Waals surface area contributed by atoms with E-state index in [0.717, 1.165) is 77.0 Å². The van der Waals surface area contributed by atoms with Crippen molar-refractivity contribution < 1.29 is 28.0 Å². The van der Waals surface area contributed by atoms with Gasteiger partial charge in [-0.2, -0.15) is 8.42 Å². The highest BCUT2D eigenvalue weighted by Crippen LogP contribution is 2.18. The molecule has 0 aliphatic carbocycles. The molecule has 3 N–H and O–H groups in total. The largest absolute Gasteiger partial charge is 0.481 e. The highest BCUT2D eigenvalue weighted by molar-refractivity contribution is 7.85. The van der Waals surface area contributed by atoms with E-state index in [1.807, 2.05) is 6.08 Å². The predicted molar refractivity (Wildman–Crippen MR) is 118 cm³/mol. The molecule has 0 fully saturated rings. The van der Waals surface area contributed by atoms with E-state index in [1.54, 1.807) is 0 Å². The van der Waals surface area contributed by atoms with Crippen LogP contribution in [0, 0.1) is 5.92 Å². The second-order valence-corrected chi connectivity index (χ2v) is 9.59. The molecule has 29 heavy (non-hydrogen) atoms. The number of carboxylic acid groups (broad SMARTS) is 1. The zero-order valence-electron chi connectivity index (χ0n) is 18.1. The standard InChI is InChI=1S/C22H42O6S/c1-2-3-15-20(22(24)25)16-11-7-5-4-6-8-12-17-21(23)18-13-9-10-14-19-29(26,27)28/h8,12,20-21,23H,2-7,9-11,13-19H2,1H3,(H,24,25)(H,26,27,28)/b12-8-/t20?,21-/m0/s1. The van der Waals surface area contributed by atoms with Crippen LogP contribution in [0.15, 0.2) is 12.2 Å². The first-order chi connectivity index (χ1) is 13.8. The fourth-order valence-corrected chi connectivity index (χ4v) is 3.92. The first-order valence-corrected chi connectivity index (χ1v) is 12.9. The first-order valence-electron chi connectivity index (χ1n) is 11.3. The quantitative estimate of drug-likeness (QED) is 0.135. The maximum Gasteiger partial charge on any atom is 0.306 e. The lowest BCUT2D eigenvalue weighted by Gasteiger charge is -2.11. The maximum atomic E-state index is 11.2. The molecule has 0 aliphatic heterocycles. The van der Waals surface area contributed by atoms with Crippen LogP contribution in [-0.4, -0.2) is 41.0 Å². The average molecular weight is 435 g/mol. The maximum absolute atomic E-state index is 11.2. The van der Waals surface area contributed by atoms with Gasteiger partial charge < -0.3 is 10.2 Å². The Hall–Kier alpha value is -0.920. The average Bonchev–Trinajstić information content (AvgIpc) is 2.64. The molecule has 172 valence electrons. The van der Waals surface area contributed by atoms with E-state index in [9.17, 15) is 23.4 Å². The summed E-state index contributed by atoms with van der Waals surface area (Å²) in [6, 6.07) is 0. The molecule has 2 atom stereocenters. The summed E-state index contributed by atoms with van der Waals surface area (Å²) in [5.74, 6) is -1.02. The van der Waals surface area contributed by atoms with Gasteiger partial charge in [0.2, 0.25) is 0 Å². The number of carboxylic acids is 1. The number of allylic oxidation sites excluding steroid dienone is 1. The fourth-order valence-electron chi connectivity index (χ4n) is 3.36. The van der Waals surface area contributed by atoms with Crippen molar-refractivity contribution in [2.75, 3.05) is 5.75 Å². The van der Waals surface area contributed by atoms with Gasteiger partial charge >= 0.3 is 5.97 Å². The van der Waals surface area contributed by atoms with Crippen molar-refractivity contribution >= 4 is 16.1 Å². The van der Waals surface area contributed by atoms with Gasteiger partial charge in [0.1, 0.15) is 0 Å². The number of hydrogen-bond acceptors (Lipinski definition) is 4. The SMILES string of the molecule is CCCCC(CCCCCC/C=C\C[C@H](O)CCCCCCS(=O)(=O)O)C(=O)O. The summed E-state index contributed by atoms with van der Waals surface area (Å²) < 4.78 is 29.8. The minimum atomic E-state index is -3.85. The summed E-state index contributed by atoms with van der Waals surface area (Å²) in [6.07, 6.45) is 16.9. The van der Waals surface area contributed by atoms with Gasteiger partial charge in [-0.3, -0.25) is 9.35 Å². The number of aliphatic carboxylic acids is 1. The van der Waals surface area contributed by atoms with Crippen molar-refractivity contribution in [3.05, 3.63) is 12.2 Å². The predicted octanol–water partition coefficient (Wildman–Crippen LogP) is 5.36. The molecule has 0 amide bonds. The van der Waals surface area contributed by atoms with Crippen LogP contribution in [0.1, 0.15) is 103 Å². The molecular formula is C22H42O6S. The van der Waals surface area contributed by atoms with Crippen LogP contribution < -0.4 is 0 Å². The van der Waals surface area contributed by atoms with E-state index in [1.165, 1.54) is 0 Å². The number of rotatable bonds is 20. The molecule has 1 unspecified atom stereocenters. The van der Waals surface area contributed by atoms with Crippen LogP contribution in [0.5, 0.6) is 0 Å². The Morgan fingerprint density at radius 3 is 2.07 bits per heavy atom. The van der Waals surface area contributed by atoms with Gasteiger partial charge in [-0.1, -0.05) is 70.4 Å². The van der Waals surface area contributed by atoms with Gasteiger partial charge in [0.25, 0.3) is 10.1 Å². The van der Waals surface area contributed by atoms with E-state index in [-0.39, 0.29) is 17.8 Å². The summed E-state index contributed by atoms with van der Waals surface area (Å²) in [6.45, 7) is 2.09. The number of unbranched alkanes of at least 4 members (excludes halogenated alkanes) is 8. The lowest BCUT2D eigenvalue weighted by molar-refractivity contribution is -0.142. The van der Waals surface area contributed by atoms with E-state index >= 15 is 0 Å². The molecule has 0 heterocycles. The van der Waals surface area contributed by atoms with Gasteiger partial charge in [0.05, 0.1) is 17.8 Å². The Bertz CT molecular complexity index is 529. The van der Waals surface area contributed by atoms with Crippen molar-refractivity contribution in [3.63, 3.8) is 0 Å². The third-order valence-electron chi connectivity index (χ3n) is 5.19. The highest BCUT2D eigenvalue weighted by atomic mass is 32.2. The molecular weight excluding hydrogens is 392 g/mol. The monoisotopic (exact) mass is 434 g/mol.